The van der Waals surface area contributed by atoms with E-state index in [1.807, 2.05) is 0 Å². The van der Waals surface area contributed by atoms with Gasteiger partial charge >= 0.3 is 5.97 Å². The van der Waals surface area contributed by atoms with E-state index in [-0.39, 0.29) is 11.1 Å². The monoisotopic (exact) mass is 205 g/mol. The molecule has 2 aromatic rings. The molecule has 2 rings (SSSR count). The maximum atomic E-state index is 10.8. The van der Waals surface area contributed by atoms with E-state index in [0.717, 1.165) is 0 Å². The molecular formula is C10H7NO4. The molecule has 5 heteroatoms. The Morgan fingerprint density at radius 1 is 1.33 bits per heavy atom. The molecule has 0 aliphatic heterocycles. The molecule has 0 saturated carbocycles. The molecule has 0 amide bonds. The molecule has 0 unspecified atom stereocenters. The average Bonchev–Trinajstić information content (AvgIpc) is 2.27. The third kappa shape index (κ3) is 1.54. The summed E-state index contributed by atoms with van der Waals surface area (Å²) in [7, 11) is 0. The Labute approximate surface area is 83.9 Å². The Balaban J connectivity index is 2.87. The summed E-state index contributed by atoms with van der Waals surface area (Å²) in [4.78, 5) is 10.8. The largest absolute Gasteiger partial charge is 0.477 e. The lowest BCUT2D eigenvalue weighted by Crippen LogP contribution is -2.14. The zero-order chi connectivity index (χ0) is 10.8. The highest BCUT2D eigenvalue weighted by Gasteiger charge is 2.10. The van der Waals surface area contributed by atoms with Gasteiger partial charge < -0.3 is 14.7 Å². The Hall–Kier alpha value is -2.30. The highest BCUT2D eigenvalue weighted by atomic mass is 16.5. The van der Waals surface area contributed by atoms with Crippen molar-refractivity contribution in [3.05, 3.63) is 41.4 Å². The summed E-state index contributed by atoms with van der Waals surface area (Å²) in [6.07, 6.45) is 0. The molecule has 76 valence electrons. The zero-order valence-electron chi connectivity index (χ0n) is 7.54. The molecule has 0 aliphatic rings. The third-order valence-electron chi connectivity index (χ3n) is 1.98. The lowest BCUT2D eigenvalue weighted by Gasteiger charge is -1.98. The Morgan fingerprint density at radius 3 is 2.73 bits per heavy atom. The maximum Gasteiger partial charge on any atom is 0.341 e. The first-order chi connectivity index (χ1) is 7.22. The van der Waals surface area contributed by atoms with Gasteiger partial charge in [-0.2, -0.15) is 0 Å². The van der Waals surface area contributed by atoms with Crippen LogP contribution < -0.4 is 5.55 Å². The van der Waals surface area contributed by atoms with E-state index >= 15 is 0 Å². The number of benzene rings is 1. The minimum Gasteiger partial charge on any atom is -0.477 e. The van der Waals surface area contributed by atoms with Gasteiger partial charge in [0.1, 0.15) is 11.1 Å². The van der Waals surface area contributed by atoms with Crippen LogP contribution in [0.25, 0.3) is 11.0 Å². The van der Waals surface area contributed by atoms with Crippen molar-refractivity contribution < 1.29 is 19.5 Å². The summed E-state index contributed by atoms with van der Waals surface area (Å²) in [5, 5.41) is 20.9. The summed E-state index contributed by atoms with van der Waals surface area (Å²) >= 11 is 0. The smallest absolute Gasteiger partial charge is 0.341 e. The molecular weight excluding hydrogens is 198 g/mol. The van der Waals surface area contributed by atoms with Crippen molar-refractivity contribution in [2.24, 2.45) is 5.16 Å². The minimum atomic E-state index is -1.20. The van der Waals surface area contributed by atoms with E-state index < -0.39 is 5.97 Å². The van der Waals surface area contributed by atoms with Crippen molar-refractivity contribution in [1.82, 2.24) is 0 Å². The van der Waals surface area contributed by atoms with Gasteiger partial charge in [-0.15, -0.1) is 0 Å². The topological polar surface area (TPSA) is 83.0 Å². The molecule has 0 spiro atoms. The van der Waals surface area contributed by atoms with Gasteiger partial charge in [0.2, 0.25) is 0 Å². The van der Waals surface area contributed by atoms with Gasteiger partial charge in [0.15, 0.2) is 0 Å². The number of hydrogen-bond acceptors (Lipinski definition) is 4. The fourth-order valence-corrected chi connectivity index (χ4v) is 1.30. The minimum absolute atomic E-state index is 0.170. The van der Waals surface area contributed by atoms with Crippen LogP contribution in [0.3, 0.4) is 0 Å². The van der Waals surface area contributed by atoms with Crippen LogP contribution >= 0.6 is 0 Å². The van der Waals surface area contributed by atoms with Gasteiger partial charge in [0.25, 0.3) is 5.55 Å². The Morgan fingerprint density at radius 2 is 2.07 bits per heavy atom. The number of carboxylic acid groups (broad SMARTS) is 1. The molecule has 0 saturated heterocycles. The van der Waals surface area contributed by atoms with Crippen molar-refractivity contribution in [2.45, 2.75) is 0 Å². The summed E-state index contributed by atoms with van der Waals surface area (Å²) in [5.41, 5.74) is -0.00676. The number of para-hydroxylation sites is 1. The first kappa shape index (κ1) is 9.26. The number of nitrogens with zero attached hydrogens (tertiary/aromatic N) is 1. The Bertz CT molecular complexity index is 585. The van der Waals surface area contributed by atoms with Crippen LogP contribution in [0, 0.1) is 0 Å². The number of carboxylic acids is 1. The third-order valence-corrected chi connectivity index (χ3v) is 1.98. The predicted molar refractivity (Wildman–Crippen MR) is 50.5 cm³/mol. The second-order valence-electron chi connectivity index (χ2n) is 2.91. The van der Waals surface area contributed by atoms with Crippen LogP contribution in [0.1, 0.15) is 10.4 Å². The first-order valence-corrected chi connectivity index (χ1v) is 4.16. The van der Waals surface area contributed by atoms with Crippen molar-refractivity contribution in [3.63, 3.8) is 0 Å². The zero-order valence-corrected chi connectivity index (χ0v) is 7.54. The molecule has 0 bridgehead atoms. The van der Waals surface area contributed by atoms with Crippen molar-refractivity contribution in [1.29, 1.82) is 0 Å². The number of hydrogen-bond donors (Lipinski definition) is 2. The number of rotatable bonds is 1. The molecule has 2 N–H and O–H groups in total. The maximum absolute atomic E-state index is 10.8. The second kappa shape index (κ2) is 3.45. The molecule has 5 nitrogen and oxygen atoms in total. The van der Waals surface area contributed by atoms with Crippen molar-refractivity contribution >= 4 is 16.9 Å². The molecule has 0 aliphatic carbocycles. The van der Waals surface area contributed by atoms with Crippen LogP contribution in [0.4, 0.5) is 0 Å². The summed E-state index contributed by atoms with van der Waals surface area (Å²) < 4.78 is 5.11. The normalized spacial score (nSPS) is 11.9. The average molecular weight is 205 g/mol. The van der Waals surface area contributed by atoms with E-state index in [0.29, 0.717) is 11.0 Å². The van der Waals surface area contributed by atoms with Crippen molar-refractivity contribution in [2.75, 3.05) is 0 Å². The van der Waals surface area contributed by atoms with Crippen LogP contribution in [0.5, 0.6) is 0 Å². The van der Waals surface area contributed by atoms with Gasteiger partial charge in [-0.25, -0.2) is 4.79 Å². The lowest BCUT2D eigenvalue weighted by atomic mass is 10.2. The van der Waals surface area contributed by atoms with Crippen LogP contribution in [-0.4, -0.2) is 16.3 Å². The summed E-state index contributed by atoms with van der Waals surface area (Å²) in [5.74, 6) is -1.20. The standard InChI is InChI=1S/C10H7NO4/c12-10(13)7-5-6-3-1-2-4-8(6)15-9(7)11-14/h1-5,14H,(H,12,13)/b11-9+. The van der Waals surface area contributed by atoms with E-state index in [9.17, 15) is 4.79 Å². The highest BCUT2D eigenvalue weighted by molar-refractivity contribution is 5.91. The summed E-state index contributed by atoms with van der Waals surface area (Å²) in [6.45, 7) is 0. The fourth-order valence-electron chi connectivity index (χ4n) is 1.30. The predicted octanol–water partition coefficient (Wildman–Crippen LogP) is 1.42. The second-order valence-corrected chi connectivity index (χ2v) is 2.91. The van der Waals surface area contributed by atoms with Gasteiger partial charge in [-0.05, 0) is 17.3 Å². The van der Waals surface area contributed by atoms with E-state index in [1.165, 1.54) is 6.07 Å². The molecule has 0 radical (unpaired) electrons. The number of fused-ring (bicyclic) bond motifs is 1. The molecule has 0 fully saturated rings. The quantitative estimate of drug-likeness (QED) is 0.544. The lowest BCUT2D eigenvalue weighted by molar-refractivity contribution is 0.0689. The highest BCUT2D eigenvalue weighted by Crippen LogP contribution is 2.12. The molecule has 1 aromatic heterocycles. The van der Waals surface area contributed by atoms with Gasteiger partial charge in [0, 0.05) is 5.39 Å². The summed E-state index contributed by atoms with van der Waals surface area (Å²) in [6, 6.07) is 8.28. The van der Waals surface area contributed by atoms with Crippen LogP contribution in [0.2, 0.25) is 0 Å². The van der Waals surface area contributed by atoms with Crippen LogP contribution in [-0.2, 0) is 0 Å². The van der Waals surface area contributed by atoms with E-state index in [1.54, 1.807) is 24.3 Å². The number of aromatic carboxylic acids is 1. The molecule has 15 heavy (non-hydrogen) atoms. The molecule has 0 atom stereocenters. The fraction of sp³-hybridized carbons (Fsp3) is 0. The Kier molecular flexibility index (Phi) is 2.13. The first-order valence-electron chi connectivity index (χ1n) is 4.16. The molecule has 1 aromatic carbocycles. The van der Waals surface area contributed by atoms with E-state index in [2.05, 4.69) is 5.16 Å². The molecule has 1 heterocycles. The SMILES string of the molecule is O=C(O)c1cc2ccccc2o/c1=N/O. The van der Waals surface area contributed by atoms with Crippen LogP contribution in [0.15, 0.2) is 39.9 Å². The van der Waals surface area contributed by atoms with Gasteiger partial charge in [0.05, 0.1) is 0 Å². The van der Waals surface area contributed by atoms with Crippen molar-refractivity contribution in [3.8, 4) is 0 Å². The van der Waals surface area contributed by atoms with Gasteiger partial charge in [-0.1, -0.05) is 18.2 Å². The van der Waals surface area contributed by atoms with E-state index in [4.69, 9.17) is 14.7 Å². The number of carbonyl (C=O) groups is 1. The van der Waals surface area contributed by atoms with Gasteiger partial charge in [-0.3, -0.25) is 0 Å².